The highest BCUT2D eigenvalue weighted by Crippen LogP contribution is 1.85. The summed E-state index contributed by atoms with van der Waals surface area (Å²) in [5, 5.41) is 2.67. The first-order valence-corrected chi connectivity index (χ1v) is 3.70. The summed E-state index contributed by atoms with van der Waals surface area (Å²) in [5.74, 6) is -0.109. The second-order valence-electron chi connectivity index (χ2n) is 2.82. The van der Waals surface area contributed by atoms with Crippen molar-refractivity contribution < 1.29 is 4.79 Å². The van der Waals surface area contributed by atoms with E-state index in [1.807, 2.05) is 19.9 Å². The number of hydrogen-bond donors (Lipinski definition) is 2. The van der Waals surface area contributed by atoms with Crippen LogP contribution < -0.4 is 11.1 Å². The highest BCUT2D eigenvalue weighted by atomic mass is 16.2. The van der Waals surface area contributed by atoms with E-state index in [1.54, 1.807) is 6.92 Å². The van der Waals surface area contributed by atoms with Crippen molar-refractivity contribution in [2.75, 3.05) is 6.54 Å². The predicted molar refractivity (Wildman–Crippen MR) is 46.1 cm³/mol. The van der Waals surface area contributed by atoms with Gasteiger partial charge in [-0.25, -0.2) is 0 Å². The van der Waals surface area contributed by atoms with E-state index in [2.05, 4.69) is 5.32 Å². The molecule has 0 aliphatic carbocycles. The minimum atomic E-state index is -0.416. The zero-order valence-electron chi connectivity index (χ0n) is 7.35. The van der Waals surface area contributed by atoms with Crippen LogP contribution in [-0.2, 0) is 4.79 Å². The van der Waals surface area contributed by atoms with Crippen LogP contribution >= 0.6 is 0 Å². The number of carbonyl (C=O) groups is 1. The molecule has 0 saturated carbocycles. The van der Waals surface area contributed by atoms with Crippen LogP contribution in [0.25, 0.3) is 0 Å². The number of rotatable bonds is 3. The van der Waals surface area contributed by atoms with Crippen LogP contribution in [0.15, 0.2) is 11.6 Å². The summed E-state index contributed by atoms with van der Waals surface area (Å²) in [6, 6.07) is -0.416. The molecule has 0 aliphatic rings. The number of amides is 1. The highest BCUT2D eigenvalue weighted by molar-refractivity contribution is 5.81. The average molecular weight is 156 g/mol. The van der Waals surface area contributed by atoms with E-state index < -0.39 is 6.04 Å². The van der Waals surface area contributed by atoms with Gasteiger partial charge in [0.1, 0.15) is 0 Å². The first-order chi connectivity index (χ1) is 5.04. The van der Waals surface area contributed by atoms with Gasteiger partial charge < -0.3 is 11.1 Å². The molecule has 0 spiro atoms. The van der Waals surface area contributed by atoms with Crippen LogP contribution in [0.2, 0.25) is 0 Å². The molecule has 0 unspecified atom stereocenters. The van der Waals surface area contributed by atoms with Crippen molar-refractivity contribution in [1.82, 2.24) is 5.32 Å². The molecule has 3 nitrogen and oxygen atoms in total. The second kappa shape index (κ2) is 4.91. The van der Waals surface area contributed by atoms with E-state index in [4.69, 9.17) is 5.73 Å². The summed E-state index contributed by atoms with van der Waals surface area (Å²) >= 11 is 0. The zero-order valence-corrected chi connectivity index (χ0v) is 7.35. The van der Waals surface area contributed by atoms with E-state index in [0.29, 0.717) is 6.54 Å². The molecule has 1 atom stereocenters. The summed E-state index contributed by atoms with van der Waals surface area (Å²) in [6.45, 7) is 6.20. The van der Waals surface area contributed by atoms with Gasteiger partial charge in [0.15, 0.2) is 0 Å². The van der Waals surface area contributed by atoms with Gasteiger partial charge in [-0.3, -0.25) is 4.79 Å². The lowest BCUT2D eigenvalue weighted by Crippen LogP contribution is -2.38. The number of allylic oxidation sites excluding steroid dienone is 1. The van der Waals surface area contributed by atoms with Gasteiger partial charge in [-0.2, -0.15) is 0 Å². The van der Waals surface area contributed by atoms with Crippen molar-refractivity contribution in [2.45, 2.75) is 26.8 Å². The molecule has 3 N–H and O–H groups in total. The lowest BCUT2D eigenvalue weighted by Gasteiger charge is -2.04. The molecule has 1 amide bonds. The van der Waals surface area contributed by atoms with E-state index in [9.17, 15) is 4.79 Å². The number of hydrogen-bond acceptors (Lipinski definition) is 2. The molecular weight excluding hydrogens is 140 g/mol. The first kappa shape index (κ1) is 10.2. The van der Waals surface area contributed by atoms with Gasteiger partial charge in [-0.05, 0) is 20.8 Å². The van der Waals surface area contributed by atoms with Crippen molar-refractivity contribution in [3.05, 3.63) is 11.6 Å². The quantitative estimate of drug-likeness (QED) is 0.582. The highest BCUT2D eigenvalue weighted by Gasteiger charge is 2.03. The second-order valence-corrected chi connectivity index (χ2v) is 2.82. The molecule has 0 saturated heterocycles. The van der Waals surface area contributed by atoms with Crippen molar-refractivity contribution in [3.8, 4) is 0 Å². The van der Waals surface area contributed by atoms with Gasteiger partial charge in [0.2, 0.25) is 5.91 Å². The summed E-state index contributed by atoms with van der Waals surface area (Å²) in [4.78, 5) is 10.9. The monoisotopic (exact) mass is 156 g/mol. The Morgan fingerprint density at radius 1 is 1.64 bits per heavy atom. The summed E-state index contributed by atoms with van der Waals surface area (Å²) < 4.78 is 0. The fraction of sp³-hybridized carbons (Fsp3) is 0.625. The Kier molecular flexibility index (Phi) is 4.54. The van der Waals surface area contributed by atoms with E-state index in [0.717, 1.165) is 0 Å². The van der Waals surface area contributed by atoms with Crippen molar-refractivity contribution >= 4 is 5.91 Å². The van der Waals surface area contributed by atoms with Crippen molar-refractivity contribution in [2.24, 2.45) is 5.73 Å². The Bertz CT molecular complexity index is 157. The third-order valence-corrected chi connectivity index (χ3v) is 1.20. The Balaban J connectivity index is 3.56. The molecule has 0 rings (SSSR count). The third-order valence-electron chi connectivity index (χ3n) is 1.20. The van der Waals surface area contributed by atoms with E-state index >= 15 is 0 Å². The molecule has 3 heteroatoms. The first-order valence-electron chi connectivity index (χ1n) is 3.70. The minimum Gasteiger partial charge on any atom is -0.351 e. The zero-order chi connectivity index (χ0) is 8.85. The lowest BCUT2D eigenvalue weighted by molar-refractivity contribution is -0.121. The Morgan fingerprint density at radius 2 is 2.18 bits per heavy atom. The molecule has 0 heterocycles. The molecule has 0 aliphatic heterocycles. The molecule has 0 fully saturated rings. The van der Waals surface area contributed by atoms with Crippen LogP contribution in [0.4, 0.5) is 0 Å². The van der Waals surface area contributed by atoms with E-state index in [-0.39, 0.29) is 5.91 Å². The standard InChI is InChI=1S/C8H16N2O/c1-6(2)4-5-10-8(11)7(3)9/h4,7H,5,9H2,1-3H3,(H,10,11)/t7-/m0/s1. The summed E-state index contributed by atoms with van der Waals surface area (Å²) in [6.07, 6.45) is 1.94. The number of nitrogens with two attached hydrogens (primary N) is 1. The van der Waals surface area contributed by atoms with Gasteiger partial charge in [0.05, 0.1) is 6.04 Å². The van der Waals surface area contributed by atoms with Crippen LogP contribution in [0.1, 0.15) is 20.8 Å². The van der Waals surface area contributed by atoms with Crippen molar-refractivity contribution in [3.63, 3.8) is 0 Å². The Morgan fingerprint density at radius 3 is 2.55 bits per heavy atom. The van der Waals surface area contributed by atoms with Gasteiger partial charge in [0, 0.05) is 6.54 Å². The van der Waals surface area contributed by atoms with Crippen molar-refractivity contribution in [1.29, 1.82) is 0 Å². The minimum absolute atomic E-state index is 0.109. The maximum atomic E-state index is 10.9. The molecular formula is C8H16N2O. The number of nitrogens with one attached hydrogen (secondary N) is 1. The van der Waals surface area contributed by atoms with Gasteiger partial charge >= 0.3 is 0 Å². The van der Waals surface area contributed by atoms with Gasteiger partial charge in [-0.15, -0.1) is 0 Å². The fourth-order valence-electron chi connectivity index (χ4n) is 0.517. The fourth-order valence-corrected chi connectivity index (χ4v) is 0.517. The topological polar surface area (TPSA) is 55.1 Å². The van der Waals surface area contributed by atoms with Gasteiger partial charge in [-0.1, -0.05) is 11.6 Å². The maximum absolute atomic E-state index is 10.9. The largest absolute Gasteiger partial charge is 0.351 e. The summed E-state index contributed by atoms with van der Waals surface area (Å²) in [7, 11) is 0. The summed E-state index contributed by atoms with van der Waals surface area (Å²) in [5.41, 5.74) is 6.51. The third kappa shape index (κ3) is 5.61. The van der Waals surface area contributed by atoms with Crippen LogP contribution in [-0.4, -0.2) is 18.5 Å². The van der Waals surface area contributed by atoms with Crippen LogP contribution in [0.5, 0.6) is 0 Å². The molecule has 0 aromatic carbocycles. The molecule has 0 radical (unpaired) electrons. The van der Waals surface area contributed by atoms with Crippen LogP contribution in [0, 0.1) is 0 Å². The molecule has 64 valence electrons. The predicted octanol–water partition coefficient (Wildman–Crippen LogP) is 0.416. The Labute approximate surface area is 67.7 Å². The maximum Gasteiger partial charge on any atom is 0.236 e. The van der Waals surface area contributed by atoms with Crippen LogP contribution in [0.3, 0.4) is 0 Å². The molecule has 0 bridgehead atoms. The smallest absolute Gasteiger partial charge is 0.236 e. The SMILES string of the molecule is CC(C)=CCNC(=O)[C@H](C)N. The van der Waals surface area contributed by atoms with Gasteiger partial charge in [0.25, 0.3) is 0 Å². The van der Waals surface area contributed by atoms with E-state index in [1.165, 1.54) is 5.57 Å². The average Bonchev–Trinajstić information content (AvgIpc) is 1.86. The number of carbonyl (C=O) groups excluding carboxylic acids is 1. The molecule has 0 aromatic rings. The molecule has 0 aromatic heterocycles. The lowest BCUT2D eigenvalue weighted by atomic mass is 10.3. The normalized spacial score (nSPS) is 12.0. The Hall–Kier alpha value is -0.830. The molecule has 11 heavy (non-hydrogen) atoms.